The standard InChI is InChI=1S/C16H23NO/c1-10(2)15(14(6)18)13(5)17-16-11(3)8-7-9-12(16)4/h7-10,15H,1-6H3/b17-13+. The van der Waals surface area contributed by atoms with Crippen molar-refractivity contribution in [2.24, 2.45) is 16.8 Å². The van der Waals surface area contributed by atoms with Crippen LogP contribution in [0.4, 0.5) is 5.69 Å². The van der Waals surface area contributed by atoms with E-state index in [2.05, 4.69) is 39.8 Å². The fourth-order valence-electron chi connectivity index (χ4n) is 2.47. The van der Waals surface area contributed by atoms with E-state index in [1.807, 2.05) is 13.0 Å². The van der Waals surface area contributed by atoms with E-state index in [-0.39, 0.29) is 17.6 Å². The molecule has 2 nitrogen and oxygen atoms in total. The Morgan fingerprint density at radius 2 is 1.61 bits per heavy atom. The lowest BCUT2D eigenvalue weighted by molar-refractivity contribution is -0.119. The highest BCUT2D eigenvalue weighted by atomic mass is 16.1. The first-order valence-electron chi connectivity index (χ1n) is 6.46. The Hall–Kier alpha value is -1.44. The number of hydrogen-bond donors (Lipinski definition) is 0. The number of hydrogen-bond acceptors (Lipinski definition) is 2. The first-order chi connectivity index (χ1) is 8.34. The molecule has 1 aromatic rings. The van der Waals surface area contributed by atoms with Gasteiger partial charge in [0.1, 0.15) is 5.78 Å². The third-order valence-corrected chi connectivity index (χ3v) is 3.28. The highest BCUT2D eigenvalue weighted by molar-refractivity contribution is 6.04. The Morgan fingerprint density at radius 1 is 1.11 bits per heavy atom. The van der Waals surface area contributed by atoms with Crippen molar-refractivity contribution in [2.45, 2.75) is 41.5 Å². The van der Waals surface area contributed by atoms with Gasteiger partial charge in [0.15, 0.2) is 0 Å². The maximum atomic E-state index is 11.7. The van der Waals surface area contributed by atoms with Crippen molar-refractivity contribution < 1.29 is 4.79 Å². The van der Waals surface area contributed by atoms with E-state index in [9.17, 15) is 4.79 Å². The average molecular weight is 245 g/mol. The molecule has 1 unspecified atom stereocenters. The summed E-state index contributed by atoms with van der Waals surface area (Å²) in [5.74, 6) is 0.400. The van der Waals surface area contributed by atoms with Crippen molar-refractivity contribution in [3.63, 3.8) is 0 Å². The quantitative estimate of drug-likeness (QED) is 0.729. The third-order valence-electron chi connectivity index (χ3n) is 3.28. The summed E-state index contributed by atoms with van der Waals surface area (Å²) in [6, 6.07) is 6.14. The molecule has 0 amide bonds. The monoisotopic (exact) mass is 245 g/mol. The van der Waals surface area contributed by atoms with Crippen LogP contribution < -0.4 is 0 Å². The predicted molar refractivity (Wildman–Crippen MR) is 77.7 cm³/mol. The summed E-state index contributed by atoms with van der Waals surface area (Å²) in [4.78, 5) is 16.4. The minimum atomic E-state index is -0.0796. The summed E-state index contributed by atoms with van der Waals surface area (Å²) in [6.07, 6.45) is 0. The Morgan fingerprint density at radius 3 is 2.00 bits per heavy atom. The van der Waals surface area contributed by atoms with Gasteiger partial charge in [-0.25, -0.2) is 0 Å². The molecule has 0 bridgehead atoms. The topological polar surface area (TPSA) is 29.4 Å². The predicted octanol–water partition coefficient (Wildman–Crippen LogP) is 4.26. The van der Waals surface area contributed by atoms with Crippen molar-refractivity contribution in [3.8, 4) is 0 Å². The molecule has 0 aliphatic rings. The summed E-state index contributed by atoms with van der Waals surface area (Å²) in [5.41, 5.74) is 4.22. The summed E-state index contributed by atoms with van der Waals surface area (Å²) in [5, 5.41) is 0. The smallest absolute Gasteiger partial charge is 0.138 e. The molecule has 0 aliphatic carbocycles. The zero-order valence-electron chi connectivity index (χ0n) is 12.2. The highest BCUT2D eigenvalue weighted by Gasteiger charge is 2.21. The fourth-order valence-corrected chi connectivity index (χ4v) is 2.47. The van der Waals surface area contributed by atoms with E-state index in [1.54, 1.807) is 6.92 Å². The largest absolute Gasteiger partial charge is 0.299 e. The van der Waals surface area contributed by atoms with Crippen LogP contribution in [-0.2, 0) is 4.79 Å². The van der Waals surface area contributed by atoms with E-state index < -0.39 is 0 Å². The van der Waals surface area contributed by atoms with Crippen LogP contribution in [0.5, 0.6) is 0 Å². The minimum absolute atomic E-state index is 0.0796. The van der Waals surface area contributed by atoms with Crippen LogP contribution >= 0.6 is 0 Å². The van der Waals surface area contributed by atoms with E-state index in [0.717, 1.165) is 22.5 Å². The molecular formula is C16H23NO. The van der Waals surface area contributed by atoms with Crippen molar-refractivity contribution in [1.29, 1.82) is 0 Å². The molecule has 0 saturated carbocycles. The molecule has 0 saturated heterocycles. The Kier molecular flexibility index (Phi) is 4.83. The second kappa shape index (κ2) is 5.94. The molecule has 0 N–H and O–H groups in total. The van der Waals surface area contributed by atoms with E-state index in [1.165, 1.54) is 0 Å². The van der Waals surface area contributed by atoms with E-state index in [4.69, 9.17) is 4.99 Å². The number of para-hydroxylation sites is 1. The van der Waals surface area contributed by atoms with Gasteiger partial charge in [-0.1, -0.05) is 32.0 Å². The lowest BCUT2D eigenvalue weighted by Gasteiger charge is -2.18. The van der Waals surface area contributed by atoms with E-state index >= 15 is 0 Å². The molecule has 98 valence electrons. The second-order valence-corrected chi connectivity index (χ2v) is 5.33. The summed E-state index contributed by atoms with van der Waals surface area (Å²) >= 11 is 0. The van der Waals surface area contributed by atoms with Gasteiger partial charge in [-0.2, -0.15) is 0 Å². The van der Waals surface area contributed by atoms with Gasteiger partial charge in [0.2, 0.25) is 0 Å². The molecular weight excluding hydrogens is 222 g/mol. The van der Waals surface area contributed by atoms with Gasteiger partial charge in [-0.15, -0.1) is 0 Å². The Bertz CT molecular complexity index is 452. The molecule has 2 heteroatoms. The molecule has 1 rings (SSSR count). The summed E-state index contributed by atoms with van der Waals surface area (Å²) in [6.45, 7) is 11.8. The summed E-state index contributed by atoms with van der Waals surface area (Å²) in [7, 11) is 0. The molecule has 1 aromatic carbocycles. The van der Waals surface area contributed by atoms with Gasteiger partial charge in [0, 0.05) is 5.71 Å². The van der Waals surface area contributed by atoms with Crippen molar-refractivity contribution >= 4 is 17.2 Å². The SMILES string of the molecule is CC(=O)C(/C(C)=N/c1c(C)cccc1C)C(C)C. The fraction of sp³-hybridized carbons (Fsp3) is 0.500. The highest BCUT2D eigenvalue weighted by Crippen LogP contribution is 2.25. The van der Waals surface area contributed by atoms with Crippen LogP contribution in [0.3, 0.4) is 0 Å². The molecule has 1 atom stereocenters. The van der Waals surface area contributed by atoms with Gasteiger partial charge in [0.25, 0.3) is 0 Å². The second-order valence-electron chi connectivity index (χ2n) is 5.33. The van der Waals surface area contributed by atoms with Gasteiger partial charge in [0.05, 0.1) is 11.6 Å². The van der Waals surface area contributed by atoms with Crippen molar-refractivity contribution in [3.05, 3.63) is 29.3 Å². The van der Waals surface area contributed by atoms with Crippen molar-refractivity contribution in [2.75, 3.05) is 0 Å². The van der Waals surface area contributed by atoms with Crippen LogP contribution in [-0.4, -0.2) is 11.5 Å². The maximum absolute atomic E-state index is 11.7. The minimum Gasteiger partial charge on any atom is -0.299 e. The van der Waals surface area contributed by atoms with Crippen molar-refractivity contribution in [1.82, 2.24) is 0 Å². The lowest BCUT2D eigenvalue weighted by atomic mass is 9.88. The van der Waals surface area contributed by atoms with Crippen LogP contribution in [0, 0.1) is 25.7 Å². The number of ketones is 1. The molecule has 0 aromatic heterocycles. The number of rotatable bonds is 4. The molecule has 0 fully saturated rings. The van der Waals surface area contributed by atoms with Gasteiger partial charge in [-0.05, 0) is 44.7 Å². The number of carbonyl (C=O) groups excluding carboxylic acids is 1. The number of Topliss-reactive ketones (excluding diaryl/α,β-unsaturated/α-hetero) is 1. The number of benzene rings is 1. The maximum Gasteiger partial charge on any atom is 0.138 e. The van der Waals surface area contributed by atoms with Gasteiger partial charge >= 0.3 is 0 Å². The molecule has 18 heavy (non-hydrogen) atoms. The Labute approximate surface area is 110 Å². The normalized spacial score (nSPS) is 13.8. The number of aliphatic imine (C=N–C) groups is 1. The Balaban J connectivity index is 3.19. The lowest BCUT2D eigenvalue weighted by Crippen LogP contribution is -2.25. The number of aryl methyl sites for hydroxylation is 2. The first-order valence-corrected chi connectivity index (χ1v) is 6.46. The summed E-state index contributed by atoms with van der Waals surface area (Å²) < 4.78 is 0. The average Bonchev–Trinajstić information content (AvgIpc) is 2.22. The van der Waals surface area contributed by atoms with Crippen LogP contribution in [0.15, 0.2) is 23.2 Å². The van der Waals surface area contributed by atoms with Crippen LogP contribution in [0.2, 0.25) is 0 Å². The van der Waals surface area contributed by atoms with Gasteiger partial charge < -0.3 is 0 Å². The first kappa shape index (κ1) is 14.6. The molecule has 0 aliphatic heterocycles. The van der Waals surface area contributed by atoms with Gasteiger partial charge in [-0.3, -0.25) is 9.79 Å². The zero-order chi connectivity index (χ0) is 13.9. The zero-order valence-corrected chi connectivity index (χ0v) is 12.2. The third kappa shape index (κ3) is 3.28. The number of nitrogens with zero attached hydrogens (tertiary/aromatic N) is 1. The van der Waals surface area contributed by atoms with Crippen LogP contribution in [0.1, 0.15) is 38.8 Å². The van der Waals surface area contributed by atoms with Crippen LogP contribution in [0.25, 0.3) is 0 Å². The molecule has 0 radical (unpaired) electrons. The molecule has 0 heterocycles. The number of carbonyl (C=O) groups is 1. The molecule has 0 spiro atoms. The van der Waals surface area contributed by atoms with E-state index in [0.29, 0.717) is 0 Å².